The molecule has 0 bridgehead atoms. The number of hydrogen-bond acceptors (Lipinski definition) is 4. The number of hydrogen-bond donors (Lipinski definition) is 2. The second-order valence-electron chi connectivity index (χ2n) is 5.76. The second kappa shape index (κ2) is 7.03. The van der Waals surface area contributed by atoms with Crippen LogP contribution < -0.4 is 5.32 Å². The fraction of sp³-hybridized carbons (Fsp3) is 0.412. The first-order chi connectivity index (χ1) is 10.7. The Balaban J connectivity index is 1.57. The van der Waals surface area contributed by atoms with Gasteiger partial charge in [-0.15, -0.1) is 11.3 Å². The summed E-state index contributed by atoms with van der Waals surface area (Å²) in [6.45, 7) is 0. The summed E-state index contributed by atoms with van der Waals surface area (Å²) in [5.41, 5.74) is 1.20. The third kappa shape index (κ3) is 3.93. The molecule has 0 unspecified atom stereocenters. The van der Waals surface area contributed by atoms with E-state index in [1.54, 1.807) is 6.20 Å². The highest BCUT2D eigenvalue weighted by Gasteiger charge is 2.22. The number of aliphatic hydroxyl groups is 1. The second-order valence-corrected chi connectivity index (χ2v) is 6.87. The molecular formula is C17H20N2O2S. The third-order valence-corrected chi connectivity index (χ3v) is 5.00. The van der Waals surface area contributed by atoms with Gasteiger partial charge in [-0.3, -0.25) is 4.79 Å². The molecule has 0 spiro atoms. The van der Waals surface area contributed by atoms with Crippen molar-refractivity contribution in [3.8, 4) is 0 Å². The van der Waals surface area contributed by atoms with Crippen molar-refractivity contribution in [1.29, 1.82) is 0 Å². The van der Waals surface area contributed by atoms with E-state index in [1.165, 1.54) is 16.9 Å². The Hall–Kier alpha value is -1.72. The monoisotopic (exact) mass is 316 g/mol. The van der Waals surface area contributed by atoms with Crippen molar-refractivity contribution in [2.75, 3.05) is 0 Å². The Bertz CT molecular complexity index is 619. The molecule has 1 amide bonds. The summed E-state index contributed by atoms with van der Waals surface area (Å²) >= 11 is 1.45. The highest BCUT2D eigenvalue weighted by atomic mass is 32.1. The van der Waals surface area contributed by atoms with Crippen LogP contribution in [0, 0.1) is 0 Å². The van der Waals surface area contributed by atoms with Crippen molar-refractivity contribution >= 4 is 17.2 Å². The lowest BCUT2D eigenvalue weighted by Crippen LogP contribution is -2.38. The van der Waals surface area contributed by atoms with Crippen LogP contribution in [0.5, 0.6) is 0 Å². The summed E-state index contributed by atoms with van der Waals surface area (Å²) < 4.78 is 0. The van der Waals surface area contributed by atoms with Crippen LogP contribution >= 0.6 is 11.3 Å². The number of carbonyl (C=O) groups excluding carboxylic acids is 1. The summed E-state index contributed by atoms with van der Waals surface area (Å²) in [6, 6.07) is 10.3. The number of nitrogens with one attached hydrogen (secondary N) is 1. The topological polar surface area (TPSA) is 62.2 Å². The van der Waals surface area contributed by atoms with Crippen LogP contribution in [0.15, 0.2) is 36.5 Å². The molecule has 0 radical (unpaired) electrons. The van der Waals surface area contributed by atoms with Crippen molar-refractivity contribution in [3.05, 3.63) is 52.0 Å². The zero-order valence-electron chi connectivity index (χ0n) is 12.4. The molecule has 3 rings (SSSR count). The molecule has 0 saturated heterocycles. The van der Waals surface area contributed by atoms with Crippen LogP contribution in [-0.2, 0) is 6.42 Å². The minimum atomic E-state index is -0.200. The summed E-state index contributed by atoms with van der Waals surface area (Å²) in [5.74, 6) is -0.0433. The van der Waals surface area contributed by atoms with E-state index >= 15 is 0 Å². The Morgan fingerprint density at radius 3 is 2.68 bits per heavy atom. The predicted octanol–water partition coefficient (Wildman–Crippen LogP) is 2.77. The molecule has 1 aliphatic rings. The summed E-state index contributed by atoms with van der Waals surface area (Å²) in [7, 11) is 0. The first kappa shape index (κ1) is 15.2. The number of aromatic nitrogens is 1. The van der Waals surface area contributed by atoms with E-state index in [4.69, 9.17) is 0 Å². The molecule has 0 aliphatic heterocycles. The molecule has 5 heteroatoms. The van der Waals surface area contributed by atoms with Gasteiger partial charge in [0.05, 0.1) is 17.3 Å². The molecule has 1 heterocycles. The van der Waals surface area contributed by atoms with E-state index in [0.717, 1.165) is 37.1 Å². The molecule has 22 heavy (non-hydrogen) atoms. The third-order valence-electron chi connectivity index (χ3n) is 4.01. The summed E-state index contributed by atoms with van der Waals surface area (Å²) in [4.78, 5) is 17.3. The number of rotatable bonds is 4. The largest absolute Gasteiger partial charge is 0.393 e. The molecule has 1 aromatic carbocycles. The molecule has 1 aromatic heterocycles. The zero-order chi connectivity index (χ0) is 15.4. The molecule has 1 aliphatic carbocycles. The fourth-order valence-electron chi connectivity index (χ4n) is 2.74. The number of amides is 1. The van der Waals surface area contributed by atoms with Gasteiger partial charge in [-0.25, -0.2) is 4.98 Å². The van der Waals surface area contributed by atoms with Crippen molar-refractivity contribution in [1.82, 2.24) is 10.3 Å². The van der Waals surface area contributed by atoms with Gasteiger partial charge in [0, 0.05) is 12.5 Å². The van der Waals surface area contributed by atoms with Gasteiger partial charge in [0.15, 0.2) is 0 Å². The smallest absolute Gasteiger partial charge is 0.263 e. The molecule has 0 atom stereocenters. The van der Waals surface area contributed by atoms with E-state index < -0.39 is 0 Å². The maximum atomic E-state index is 12.3. The van der Waals surface area contributed by atoms with E-state index in [1.807, 2.05) is 18.2 Å². The molecule has 2 aromatic rings. The molecule has 1 saturated carbocycles. The minimum Gasteiger partial charge on any atom is -0.393 e. The van der Waals surface area contributed by atoms with Gasteiger partial charge in [0.1, 0.15) is 4.88 Å². The van der Waals surface area contributed by atoms with Gasteiger partial charge in [-0.1, -0.05) is 30.3 Å². The molecular weight excluding hydrogens is 296 g/mol. The van der Waals surface area contributed by atoms with Crippen LogP contribution in [-0.4, -0.2) is 28.1 Å². The van der Waals surface area contributed by atoms with Crippen molar-refractivity contribution in [2.24, 2.45) is 0 Å². The van der Waals surface area contributed by atoms with Crippen LogP contribution in [0.2, 0.25) is 0 Å². The van der Waals surface area contributed by atoms with Crippen molar-refractivity contribution in [2.45, 2.75) is 44.2 Å². The minimum absolute atomic E-state index is 0.0433. The van der Waals surface area contributed by atoms with Crippen molar-refractivity contribution in [3.63, 3.8) is 0 Å². The Morgan fingerprint density at radius 1 is 1.23 bits per heavy atom. The number of carbonyl (C=O) groups is 1. The Labute approximate surface area is 134 Å². The fourth-order valence-corrected chi connectivity index (χ4v) is 3.60. The zero-order valence-corrected chi connectivity index (χ0v) is 13.2. The van der Waals surface area contributed by atoms with Crippen molar-refractivity contribution < 1.29 is 9.90 Å². The lowest BCUT2D eigenvalue weighted by atomic mass is 9.93. The SMILES string of the molecule is O=C(NC1CCC(O)CC1)c1cnc(Cc2ccccc2)s1. The highest BCUT2D eigenvalue weighted by Crippen LogP contribution is 2.20. The van der Waals surface area contributed by atoms with Gasteiger partial charge < -0.3 is 10.4 Å². The first-order valence-electron chi connectivity index (χ1n) is 7.68. The molecule has 4 nitrogen and oxygen atoms in total. The number of thiazole rings is 1. The number of benzene rings is 1. The van der Waals surface area contributed by atoms with Gasteiger partial charge in [-0.05, 0) is 31.2 Å². The quantitative estimate of drug-likeness (QED) is 0.912. The summed E-state index contributed by atoms with van der Waals surface area (Å²) in [5, 5.41) is 13.5. The molecule has 116 valence electrons. The van der Waals surface area contributed by atoms with Crippen LogP contribution in [0.25, 0.3) is 0 Å². The van der Waals surface area contributed by atoms with Crippen LogP contribution in [0.3, 0.4) is 0 Å². The average Bonchev–Trinajstić information content (AvgIpc) is 2.99. The van der Waals surface area contributed by atoms with Gasteiger partial charge in [0.2, 0.25) is 0 Å². The number of nitrogens with zero attached hydrogens (tertiary/aromatic N) is 1. The highest BCUT2D eigenvalue weighted by molar-refractivity contribution is 7.13. The van der Waals surface area contributed by atoms with E-state index in [2.05, 4.69) is 22.4 Å². The van der Waals surface area contributed by atoms with E-state index in [9.17, 15) is 9.90 Å². The van der Waals surface area contributed by atoms with Crippen LogP contribution in [0.1, 0.15) is 45.9 Å². The van der Waals surface area contributed by atoms with Gasteiger partial charge >= 0.3 is 0 Å². The lowest BCUT2D eigenvalue weighted by Gasteiger charge is -2.25. The van der Waals surface area contributed by atoms with Gasteiger partial charge in [0.25, 0.3) is 5.91 Å². The average molecular weight is 316 g/mol. The standard InChI is InChI=1S/C17H20N2O2S/c20-14-8-6-13(7-9-14)19-17(21)15-11-18-16(22-15)10-12-4-2-1-3-5-12/h1-5,11,13-14,20H,6-10H2,(H,19,21). The lowest BCUT2D eigenvalue weighted by molar-refractivity contribution is 0.0871. The Kier molecular flexibility index (Phi) is 4.85. The first-order valence-corrected chi connectivity index (χ1v) is 8.50. The van der Waals surface area contributed by atoms with Gasteiger partial charge in [-0.2, -0.15) is 0 Å². The van der Waals surface area contributed by atoms with E-state index in [0.29, 0.717) is 4.88 Å². The Morgan fingerprint density at radius 2 is 1.95 bits per heavy atom. The predicted molar refractivity (Wildman–Crippen MR) is 87.1 cm³/mol. The summed E-state index contributed by atoms with van der Waals surface area (Å²) in [6.07, 6.45) is 5.46. The number of aliphatic hydroxyl groups excluding tert-OH is 1. The normalized spacial score (nSPS) is 21.5. The van der Waals surface area contributed by atoms with E-state index in [-0.39, 0.29) is 18.1 Å². The molecule has 2 N–H and O–H groups in total. The maximum absolute atomic E-state index is 12.3. The maximum Gasteiger partial charge on any atom is 0.263 e. The molecule has 1 fully saturated rings. The van der Waals surface area contributed by atoms with Crippen LogP contribution in [0.4, 0.5) is 0 Å².